The minimum Gasteiger partial charge on any atom is -0.335 e. The third-order valence-corrected chi connectivity index (χ3v) is 4.80. The largest absolute Gasteiger partial charge is 0.335 e. The monoisotopic (exact) mass is 339 g/mol. The van der Waals surface area contributed by atoms with Crippen molar-refractivity contribution in [3.05, 3.63) is 48.0 Å². The Balaban J connectivity index is 1.51. The summed E-state index contributed by atoms with van der Waals surface area (Å²) in [6.07, 6.45) is 4.28. The predicted molar refractivity (Wildman–Crippen MR) is 99.3 cm³/mol. The van der Waals surface area contributed by atoms with E-state index < -0.39 is 6.03 Å². The average molecular weight is 339 g/mol. The van der Waals surface area contributed by atoms with Gasteiger partial charge in [-0.2, -0.15) is 0 Å². The van der Waals surface area contributed by atoms with E-state index >= 15 is 0 Å². The number of rotatable bonds is 5. The van der Waals surface area contributed by atoms with Gasteiger partial charge in [0.25, 0.3) is 0 Å². The number of hydrogen-bond donors (Lipinski definition) is 3. The number of hydrogen-bond acceptors (Lipinski definition) is 3. The van der Waals surface area contributed by atoms with Gasteiger partial charge in [-0.3, -0.25) is 10.1 Å². The van der Waals surface area contributed by atoms with Crippen molar-refractivity contribution in [3.63, 3.8) is 0 Å². The van der Waals surface area contributed by atoms with Crippen molar-refractivity contribution in [2.24, 2.45) is 0 Å². The fourth-order valence-electron chi connectivity index (χ4n) is 3.45. The van der Waals surface area contributed by atoms with E-state index in [1.807, 2.05) is 25.1 Å². The summed E-state index contributed by atoms with van der Waals surface area (Å²) < 4.78 is 0. The maximum atomic E-state index is 12.0. The second-order valence-corrected chi connectivity index (χ2v) is 6.67. The summed E-state index contributed by atoms with van der Waals surface area (Å²) in [4.78, 5) is 23.8. The standard InChI is InChI=1S/C20H25N3O2/c1-14(17-12-6-8-15-7-2-5-11-18(15)17)21-13-19(24)23-20(25)22-16-9-3-4-10-16/h2,5-8,11-12,14,16,21H,3-4,9-10,13H2,1H3,(H2,22,23,24,25)/t14-/m0/s1. The van der Waals surface area contributed by atoms with Crippen LogP contribution in [0.25, 0.3) is 10.8 Å². The summed E-state index contributed by atoms with van der Waals surface area (Å²) >= 11 is 0. The van der Waals surface area contributed by atoms with E-state index in [1.54, 1.807) is 0 Å². The summed E-state index contributed by atoms with van der Waals surface area (Å²) in [5.41, 5.74) is 1.14. The van der Waals surface area contributed by atoms with Gasteiger partial charge in [0, 0.05) is 12.1 Å². The van der Waals surface area contributed by atoms with Gasteiger partial charge in [-0.05, 0) is 36.1 Å². The molecule has 3 rings (SSSR count). The molecule has 5 nitrogen and oxygen atoms in total. The molecule has 0 aliphatic heterocycles. The molecule has 2 aromatic carbocycles. The third-order valence-electron chi connectivity index (χ3n) is 4.80. The van der Waals surface area contributed by atoms with Crippen molar-refractivity contribution < 1.29 is 9.59 Å². The molecule has 132 valence electrons. The van der Waals surface area contributed by atoms with Crippen molar-refractivity contribution >= 4 is 22.7 Å². The Morgan fingerprint density at radius 2 is 1.80 bits per heavy atom. The topological polar surface area (TPSA) is 70.2 Å². The van der Waals surface area contributed by atoms with Crippen molar-refractivity contribution in [2.75, 3.05) is 6.54 Å². The molecule has 0 radical (unpaired) electrons. The fourth-order valence-corrected chi connectivity index (χ4v) is 3.45. The van der Waals surface area contributed by atoms with Gasteiger partial charge in [0.05, 0.1) is 6.54 Å². The molecule has 0 aromatic heterocycles. The molecule has 2 aromatic rings. The van der Waals surface area contributed by atoms with E-state index in [9.17, 15) is 9.59 Å². The summed E-state index contributed by atoms with van der Waals surface area (Å²) in [5, 5.41) is 10.8. The molecule has 1 aliphatic rings. The smallest absolute Gasteiger partial charge is 0.321 e. The number of benzene rings is 2. The van der Waals surface area contributed by atoms with Crippen LogP contribution in [0.4, 0.5) is 4.79 Å². The zero-order valence-corrected chi connectivity index (χ0v) is 14.5. The molecule has 0 unspecified atom stereocenters. The predicted octanol–water partition coefficient (Wildman–Crippen LogP) is 3.26. The number of amides is 3. The van der Waals surface area contributed by atoms with Crippen molar-refractivity contribution in [2.45, 2.75) is 44.7 Å². The Hall–Kier alpha value is -2.40. The highest BCUT2D eigenvalue weighted by atomic mass is 16.2. The number of imide groups is 1. The van der Waals surface area contributed by atoms with Crippen molar-refractivity contribution in [1.82, 2.24) is 16.0 Å². The van der Waals surface area contributed by atoms with Crippen LogP contribution >= 0.6 is 0 Å². The molecular weight excluding hydrogens is 314 g/mol. The van der Waals surface area contributed by atoms with E-state index in [0.29, 0.717) is 0 Å². The molecule has 25 heavy (non-hydrogen) atoms. The third kappa shape index (κ3) is 4.57. The van der Waals surface area contributed by atoms with Crippen LogP contribution in [0.1, 0.15) is 44.2 Å². The van der Waals surface area contributed by atoms with Gasteiger partial charge in [0.15, 0.2) is 0 Å². The first-order valence-corrected chi connectivity index (χ1v) is 8.95. The van der Waals surface area contributed by atoms with Crippen molar-refractivity contribution in [1.29, 1.82) is 0 Å². The van der Waals surface area contributed by atoms with Crippen LogP contribution in [-0.2, 0) is 4.79 Å². The van der Waals surface area contributed by atoms with Crippen LogP contribution in [0.15, 0.2) is 42.5 Å². The Bertz CT molecular complexity index is 748. The highest BCUT2D eigenvalue weighted by Crippen LogP contribution is 2.23. The quantitative estimate of drug-likeness (QED) is 0.783. The van der Waals surface area contributed by atoms with Crippen LogP contribution in [0.5, 0.6) is 0 Å². The van der Waals surface area contributed by atoms with E-state index in [4.69, 9.17) is 0 Å². The first-order valence-electron chi connectivity index (χ1n) is 8.95. The second-order valence-electron chi connectivity index (χ2n) is 6.67. The fraction of sp³-hybridized carbons (Fsp3) is 0.400. The van der Waals surface area contributed by atoms with Gasteiger partial charge >= 0.3 is 6.03 Å². The highest BCUT2D eigenvalue weighted by Gasteiger charge is 2.18. The first kappa shape index (κ1) is 17.4. The molecule has 1 aliphatic carbocycles. The Morgan fingerprint density at radius 3 is 2.60 bits per heavy atom. The second kappa shape index (κ2) is 8.12. The Morgan fingerprint density at radius 1 is 1.08 bits per heavy atom. The van der Waals surface area contributed by atoms with Gasteiger partial charge in [-0.25, -0.2) is 4.79 Å². The molecule has 3 amide bonds. The number of nitrogens with one attached hydrogen (secondary N) is 3. The lowest BCUT2D eigenvalue weighted by Gasteiger charge is -2.17. The summed E-state index contributed by atoms with van der Waals surface area (Å²) in [6, 6.07) is 14.2. The summed E-state index contributed by atoms with van der Waals surface area (Å²) in [7, 11) is 0. The molecule has 1 saturated carbocycles. The summed E-state index contributed by atoms with van der Waals surface area (Å²) in [5.74, 6) is -0.317. The Labute approximate surface area is 148 Å². The lowest BCUT2D eigenvalue weighted by atomic mass is 10.00. The normalized spacial score (nSPS) is 15.9. The Kier molecular flexibility index (Phi) is 5.66. The van der Waals surface area contributed by atoms with Crippen LogP contribution in [0, 0.1) is 0 Å². The van der Waals surface area contributed by atoms with Gasteiger partial charge < -0.3 is 10.6 Å². The van der Waals surface area contributed by atoms with Gasteiger partial charge in [0.2, 0.25) is 5.91 Å². The lowest BCUT2D eigenvalue weighted by molar-refractivity contribution is -0.119. The van der Waals surface area contributed by atoms with Crippen LogP contribution < -0.4 is 16.0 Å². The molecule has 3 N–H and O–H groups in total. The zero-order valence-electron chi connectivity index (χ0n) is 14.5. The molecule has 0 heterocycles. The highest BCUT2D eigenvalue weighted by molar-refractivity contribution is 5.95. The first-order chi connectivity index (χ1) is 12.1. The van der Waals surface area contributed by atoms with E-state index in [2.05, 4.69) is 40.2 Å². The van der Waals surface area contributed by atoms with Gasteiger partial charge in [0.1, 0.15) is 0 Å². The number of fused-ring (bicyclic) bond motifs is 1. The molecule has 0 spiro atoms. The zero-order chi connectivity index (χ0) is 17.6. The number of carbonyl (C=O) groups excluding carboxylic acids is 2. The minimum atomic E-state index is -0.392. The van der Waals surface area contributed by atoms with Crippen LogP contribution in [-0.4, -0.2) is 24.5 Å². The van der Waals surface area contributed by atoms with Crippen LogP contribution in [0.2, 0.25) is 0 Å². The van der Waals surface area contributed by atoms with E-state index in [0.717, 1.165) is 31.2 Å². The molecular formula is C20H25N3O2. The molecule has 0 bridgehead atoms. The SMILES string of the molecule is C[C@H](NCC(=O)NC(=O)NC1CCCC1)c1cccc2ccccc12. The number of urea groups is 1. The van der Waals surface area contributed by atoms with Gasteiger partial charge in [-0.15, -0.1) is 0 Å². The van der Waals surface area contributed by atoms with Crippen molar-refractivity contribution in [3.8, 4) is 0 Å². The maximum Gasteiger partial charge on any atom is 0.321 e. The maximum absolute atomic E-state index is 12.0. The molecule has 1 fully saturated rings. The summed E-state index contributed by atoms with van der Waals surface area (Å²) in [6.45, 7) is 2.12. The molecule has 5 heteroatoms. The van der Waals surface area contributed by atoms with E-state index in [-0.39, 0.29) is 24.5 Å². The lowest BCUT2D eigenvalue weighted by Crippen LogP contribution is -2.46. The molecule has 0 saturated heterocycles. The average Bonchev–Trinajstić information content (AvgIpc) is 3.12. The van der Waals surface area contributed by atoms with Crippen LogP contribution in [0.3, 0.4) is 0 Å². The minimum absolute atomic E-state index is 0.00902. The van der Waals surface area contributed by atoms with E-state index in [1.165, 1.54) is 10.8 Å². The molecule has 1 atom stereocenters. The van der Waals surface area contributed by atoms with Gasteiger partial charge in [-0.1, -0.05) is 55.3 Å². The number of carbonyl (C=O) groups is 2.